The topological polar surface area (TPSA) is 80.4 Å². The van der Waals surface area contributed by atoms with E-state index in [4.69, 9.17) is 20.6 Å². The molecular weight excluding hydrogens is 262 g/mol. The van der Waals surface area contributed by atoms with Crippen LogP contribution in [-0.4, -0.2) is 20.2 Å². The molecule has 1 aromatic rings. The molecule has 0 bridgehead atoms. The molecule has 0 aliphatic heterocycles. The third kappa shape index (κ3) is 2.76. The first-order valence-corrected chi connectivity index (χ1v) is 4.90. The molecule has 0 saturated heterocycles. The van der Waals surface area contributed by atoms with Gasteiger partial charge in [0.1, 0.15) is 11.5 Å². The van der Waals surface area contributed by atoms with Crippen LogP contribution < -0.4 is 20.5 Å². The number of guanidine groups is 1. The lowest BCUT2D eigenvalue weighted by molar-refractivity contribution is 0.395. The number of ether oxygens (including phenoxy) is 2. The largest absolute Gasteiger partial charge is 0.497 e. The maximum absolute atomic E-state index is 7.16. The first-order chi connectivity index (χ1) is 7.08. The maximum atomic E-state index is 7.16. The smallest absolute Gasteiger partial charge is 0.190 e. The minimum atomic E-state index is -0.154. The highest BCUT2D eigenvalue weighted by Gasteiger charge is 2.10. The number of halogens is 1. The summed E-state index contributed by atoms with van der Waals surface area (Å²) < 4.78 is 10.9. The third-order valence-electron chi connectivity index (χ3n) is 1.74. The number of methoxy groups -OCH3 is 2. The molecule has 0 unspecified atom stereocenters. The fourth-order valence-electron chi connectivity index (χ4n) is 1.09. The summed E-state index contributed by atoms with van der Waals surface area (Å²) in [6.07, 6.45) is 0. The van der Waals surface area contributed by atoms with Gasteiger partial charge in [-0.05, 0) is 22.0 Å². The first-order valence-electron chi connectivity index (χ1n) is 4.11. The van der Waals surface area contributed by atoms with Crippen LogP contribution in [0.3, 0.4) is 0 Å². The lowest BCUT2D eigenvalue weighted by atomic mass is 10.2. The Bertz CT molecular complexity index is 382. The molecule has 0 aromatic heterocycles. The second-order valence-electron chi connectivity index (χ2n) is 2.73. The highest BCUT2D eigenvalue weighted by Crippen LogP contribution is 2.36. The van der Waals surface area contributed by atoms with Crippen molar-refractivity contribution in [2.75, 3.05) is 19.5 Å². The Morgan fingerprint density at radius 1 is 1.40 bits per heavy atom. The Kier molecular flexibility index (Phi) is 3.79. The summed E-state index contributed by atoms with van der Waals surface area (Å²) in [4.78, 5) is 0. The predicted molar refractivity (Wildman–Crippen MR) is 62.8 cm³/mol. The predicted octanol–water partition coefficient (Wildman–Crippen LogP) is 1.77. The standard InChI is InChI=1S/C9H12BrN3O2/c1-14-5-3-6(10)8(13-9(11)12)7(4-5)15-2/h3-4H,1-2H3,(H4,11,12,13). The molecule has 5 nitrogen and oxygen atoms in total. The van der Waals surface area contributed by atoms with Gasteiger partial charge in [-0.2, -0.15) is 0 Å². The van der Waals surface area contributed by atoms with E-state index in [2.05, 4.69) is 21.2 Å². The Labute approximate surface area is 96.2 Å². The molecule has 0 fully saturated rings. The Morgan fingerprint density at radius 2 is 2.07 bits per heavy atom. The van der Waals surface area contributed by atoms with Gasteiger partial charge in [0.15, 0.2) is 5.96 Å². The molecule has 0 aliphatic carbocycles. The minimum Gasteiger partial charge on any atom is -0.497 e. The van der Waals surface area contributed by atoms with Gasteiger partial charge >= 0.3 is 0 Å². The summed E-state index contributed by atoms with van der Waals surface area (Å²) >= 11 is 3.33. The number of anilines is 1. The lowest BCUT2D eigenvalue weighted by Crippen LogP contribution is -2.21. The van der Waals surface area contributed by atoms with Crippen molar-refractivity contribution in [3.63, 3.8) is 0 Å². The molecule has 82 valence electrons. The van der Waals surface area contributed by atoms with Crippen LogP contribution in [0.2, 0.25) is 0 Å². The lowest BCUT2D eigenvalue weighted by Gasteiger charge is -2.13. The molecule has 0 aliphatic rings. The van der Waals surface area contributed by atoms with Gasteiger partial charge in [-0.25, -0.2) is 0 Å². The normalized spacial score (nSPS) is 9.53. The fraction of sp³-hybridized carbons (Fsp3) is 0.222. The highest BCUT2D eigenvalue weighted by atomic mass is 79.9. The number of rotatable bonds is 3. The van der Waals surface area contributed by atoms with Crippen molar-refractivity contribution in [3.8, 4) is 11.5 Å². The number of hydrogen-bond donors (Lipinski definition) is 3. The van der Waals surface area contributed by atoms with Crippen LogP contribution in [0, 0.1) is 5.41 Å². The second kappa shape index (κ2) is 4.88. The Morgan fingerprint density at radius 3 is 2.53 bits per heavy atom. The zero-order valence-corrected chi connectivity index (χ0v) is 10.0. The van der Waals surface area contributed by atoms with Crippen molar-refractivity contribution in [1.29, 1.82) is 5.41 Å². The molecule has 1 aromatic carbocycles. The van der Waals surface area contributed by atoms with Gasteiger partial charge in [0.2, 0.25) is 0 Å². The van der Waals surface area contributed by atoms with Crippen LogP contribution >= 0.6 is 15.9 Å². The van der Waals surface area contributed by atoms with Crippen LogP contribution in [-0.2, 0) is 0 Å². The minimum absolute atomic E-state index is 0.154. The van der Waals surface area contributed by atoms with Crippen LogP contribution in [0.15, 0.2) is 16.6 Å². The van der Waals surface area contributed by atoms with Crippen molar-refractivity contribution in [3.05, 3.63) is 16.6 Å². The van der Waals surface area contributed by atoms with Gasteiger partial charge in [0, 0.05) is 10.5 Å². The van der Waals surface area contributed by atoms with E-state index in [0.717, 1.165) is 0 Å². The van der Waals surface area contributed by atoms with E-state index in [0.29, 0.717) is 21.7 Å². The van der Waals surface area contributed by atoms with Crippen LogP contribution in [0.4, 0.5) is 5.69 Å². The molecule has 0 heterocycles. The summed E-state index contributed by atoms with van der Waals surface area (Å²) in [5.74, 6) is 1.06. The van der Waals surface area contributed by atoms with Crippen molar-refractivity contribution < 1.29 is 9.47 Å². The number of hydrogen-bond acceptors (Lipinski definition) is 3. The first kappa shape index (κ1) is 11.6. The summed E-state index contributed by atoms with van der Waals surface area (Å²) in [5, 5.41) is 9.84. The van der Waals surface area contributed by atoms with Crippen molar-refractivity contribution in [2.24, 2.45) is 5.73 Å². The molecule has 0 amide bonds. The van der Waals surface area contributed by atoms with Crippen molar-refractivity contribution >= 4 is 27.6 Å². The number of benzene rings is 1. The van der Waals surface area contributed by atoms with Crippen LogP contribution in [0.1, 0.15) is 0 Å². The average Bonchev–Trinajstić information content (AvgIpc) is 2.20. The van der Waals surface area contributed by atoms with Crippen molar-refractivity contribution in [2.45, 2.75) is 0 Å². The zero-order valence-electron chi connectivity index (χ0n) is 8.43. The Hall–Kier alpha value is -1.43. The SMILES string of the molecule is COc1cc(Br)c(NC(=N)N)c(OC)c1. The van der Waals surface area contributed by atoms with Gasteiger partial charge in [-0.1, -0.05) is 0 Å². The molecule has 0 saturated carbocycles. The molecule has 1 rings (SSSR count). The molecule has 0 spiro atoms. The monoisotopic (exact) mass is 273 g/mol. The fourth-order valence-corrected chi connectivity index (χ4v) is 1.61. The number of nitrogens with two attached hydrogens (primary N) is 1. The Balaban J connectivity index is 3.18. The van der Waals surface area contributed by atoms with E-state index < -0.39 is 0 Å². The molecule has 15 heavy (non-hydrogen) atoms. The van der Waals surface area contributed by atoms with Gasteiger partial charge in [-0.15, -0.1) is 0 Å². The van der Waals surface area contributed by atoms with E-state index in [9.17, 15) is 0 Å². The highest BCUT2D eigenvalue weighted by molar-refractivity contribution is 9.10. The van der Waals surface area contributed by atoms with Gasteiger partial charge in [-0.3, -0.25) is 5.41 Å². The van der Waals surface area contributed by atoms with Gasteiger partial charge < -0.3 is 20.5 Å². The molecule has 6 heteroatoms. The summed E-state index contributed by atoms with van der Waals surface area (Å²) in [6.45, 7) is 0. The van der Waals surface area contributed by atoms with Crippen LogP contribution in [0.25, 0.3) is 0 Å². The summed E-state index contributed by atoms with van der Waals surface area (Å²) in [7, 11) is 3.10. The van der Waals surface area contributed by atoms with Gasteiger partial charge in [0.05, 0.1) is 19.9 Å². The second-order valence-corrected chi connectivity index (χ2v) is 3.58. The summed E-state index contributed by atoms with van der Waals surface area (Å²) in [6, 6.07) is 3.46. The van der Waals surface area contributed by atoms with Crippen molar-refractivity contribution in [1.82, 2.24) is 0 Å². The van der Waals surface area contributed by atoms with E-state index in [1.807, 2.05) is 0 Å². The maximum Gasteiger partial charge on any atom is 0.190 e. The average molecular weight is 274 g/mol. The molecule has 0 atom stereocenters. The van der Waals surface area contributed by atoms with E-state index >= 15 is 0 Å². The third-order valence-corrected chi connectivity index (χ3v) is 2.37. The molecule has 4 N–H and O–H groups in total. The van der Waals surface area contributed by atoms with Gasteiger partial charge in [0.25, 0.3) is 0 Å². The number of nitrogens with one attached hydrogen (secondary N) is 2. The molecule has 0 radical (unpaired) electrons. The quantitative estimate of drug-likeness (QED) is 0.579. The summed E-state index contributed by atoms with van der Waals surface area (Å²) in [5.41, 5.74) is 5.85. The van der Waals surface area contributed by atoms with E-state index in [1.54, 1.807) is 19.2 Å². The molecular formula is C9H12BrN3O2. The van der Waals surface area contributed by atoms with E-state index in [1.165, 1.54) is 7.11 Å². The van der Waals surface area contributed by atoms with E-state index in [-0.39, 0.29) is 5.96 Å². The van der Waals surface area contributed by atoms with Crippen LogP contribution in [0.5, 0.6) is 11.5 Å². The zero-order chi connectivity index (χ0) is 11.4.